The molecule has 0 aromatic rings. The second-order valence-corrected chi connectivity index (χ2v) is 11.2. The van der Waals surface area contributed by atoms with Gasteiger partial charge in [-0.05, 0) is 45.4 Å². The van der Waals surface area contributed by atoms with Crippen molar-refractivity contribution in [1.82, 2.24) is 14.7 Å². The van der Waals surface area contributed by atoms with Gasteiger partial charge in [0, 0.05) is 38.8 Å². The molecule has 0 bridgehead atoms. The largest absolute Gasteiger partial charge is 0.396 e. The molecule has 4 rings (SSSR count). The van der Waals surface area contributed by atoms with Crippen molar-refractivity contribution in [3.05, 3.63) is 24.3 Å². The lowest BCUT2D eigenvalue weighted by Gasteiger charge is -2.39. The highest BCUT2D eigenvalue weighted by molar-refractivity contribution is 6.00. The van der Waals surface area contributed by atoms with Crippen LogP contribution < -0.4 is 0 Å². The minimum Gasteiger partial charge on any atom is -0.396 e. The number of aliphatic hydroxyl groups excluding tert-OH is 1. The number of nitrogens with zero attached hydrogens (tertiary/aromatic N) is 3. The van der Waals surface area contributed by atoms with E-state index in [0.717, 1.165) is 25.7 Å². The van der Waals surface area contributed by atoms with E-state index >= 15 is 0 Å². The number of carbonyl (C=O) groups excluding carboxylic acids is 3. The number of rotatable bonds is 11. The van der Waals surface area contributed by atoms with Crippen LogP contribution in [0.25, 0.3) is 0 Å². The van der Waals surface area contributed by atoms with Crippen LogP contribution in [0.4, 0.5) is 0 Å². The molecule has 0 saturated carbocycles. The van der Waals surface area contributed by atoms with Crippen LogP contribution in [0.1, 0.15) is 72.6 Å². The number of amides is 3. The van der Waals surface area contributed by atoms with E-state index in [1.165, 1.54) is 0 Å². The van der Waals surface area contributed by atoms with Gasteiger partial charge in [-0.25, -0.2) is 0 Å². The van der Waals surface area contributed by atoms with E-state index < -0.39 is 29.1 Å². The van der Waals surface area contributed by atoms with Gasteiger partial charge >= 0.3 is 0 Å². The van der Waals surface area contributed by atoms with Gasteiger partial charge in [0.25, 0.3) is 0 Å². The number of hydrogen-bond acceptors (Lipinski definition) is 5. The Balaban J connectivity index is 1.81. The molecule has 4 heterocycles. The first-order valence-corrected chi connectivity index (χ1v) is 14.4. The predicted octanol–water partition coefficient (Wildman–Crippen LogP) is 2.91. The topological polar surface area (TPSA) is 90.4 Å². The Bertz CT molecular complexity index is 935. The fraction of sp³-hybridized carbons (Fsp3) is 0.759. The van der Waals surface area contributed by atoms with Gasteiger partial charge in [-0.2, -0.15) is 0 Å². The van der Waals surface area contributed by atoms with Crippen molar-refractivity contribution in [2.24, 2.45) is 11.8 Å². The molecule has 2 unspecified atom stereocenters. The zero-order chi connectivity index (χ0) is 26.8. The van der Waals surface area contributed by atoms with E-state index in [-0.39, 0.29) is 30.4 Å². The van der Waals surface area contributed by atoms with Crippen LogP contribution in [0, 0.1) is 11.8 Å². The third-order valence-electron chi connectivity index (χ3n) is 8.84. The van der Waals surface area contributed by atoms with Crippen LogP contribution in [-0.2, 0) is 19.1 Å². The summed E-state index contributed by atoms with van der Waals surface area (Å²) in [6.07, 6.45) is 13.2. The zero-order valence-electron chi connectivity index (χ0n) is 23.0. The Morgan fingerprint density at radius 2 is 1.70 bits per heavy atom. The standard InChI is InChI=1S/C29H45N3O5/c1-5-13-21(4)31-19-12-15-29-23(26(35)32(24(29)27(31)36)18-9-8-10-20-33)22-25(34)30(16-6-2)17-11-14-28(22,7-3)37-29/h11-12,14-15,21-24,33H,5-10,13,16-20H2,1-4H3/t21?,22-,23+,24?,28+,29+/m1/s1. The number of carbonyl (C=O) groups is 3. The quantitative estimate of drug-likeness (QED) is 0.338. The van der Waals surface area contributed by atoms with Crippen LogP contribution >= 0.6 is 0 Å². The molecule has 37 heavy (non-hydrogen) atoms. The highest BCUT2D eigenvalue weighted by atomic mass is 16.5. The molecule has 8 heteroatoms. The summed E-state index contributed by atoms with van der Waals surface area (Å²) in [5.41, 5.74) is -2.10. The number of aliphatic hydroxyl groups is 1. The maximum Gasteiger partial charge on any atom is 0.249 e. The minimum atomic E-state index is -1.18. The van der Waals surface area contributed by atoms with Crippen molar-refractivity contribution >= 4 is 17.7 Å². The molecular weight excluding hydrogens is 470 g/mol. The molecule has 8 nitrogen and oxygen atoms in total. The van der Waals surface area contributed by atoms with Gasteiger partial charge < -0.3 is 24.5 Å². The number of fused-ring (bicyclic) bond motifs is 2. The minimum absolute atomic E-state index is 0.0382. The van der Waals surface area contributed by atoms with Crippen molar-refractivity contribution in [1.29, 1.82) is 0 Å². The van der Waals surface area contributed by atoms with Gasteiger partial charge in [0.05, 0.1) is 17.4 Å². The summed E-state index contributed by atoms with van der Waals surface area (Å²) in [7, 11) is 0. The van der Waals surface area contributed by atoms with E-state index in [1.54, 1.807) is 4.90 Å². The monoisotopic (exact) mass is 515 g/mol. The maximum atomic E-state index is 14.3. The molecule has 4 aliphatic rings. The van der Waals surface area contributed by atoms with Gasteiger partial charge in [-0.1, -0.05) is 51.5 Å². The molecule has 0 aliphatic carbocycles. The molecule has 3 amide bonds. The van der Waals surface area contributed by atoms with E-state index in [1.807, 2.05) is 48.0 Å². The second-order valence-electron chi connectivity index (χ2n) is 11.2. The van der Waals surface area contributed by atoms with Gasteiger partial charge in [0.1, 0.15) is 11.6 Å². The normalized spacial score (nSPS) is 33.9. The molecule has 206 valence electrons. The smallest absolute Gasteiger partial charge is 0.249 e. The van der Waals surface area contributed by atoms with Crippen LogP contribution in [0.5, 0.6) is 0 Å². The second kappa shape index (κ2) is 11.3. The lowest BCUT2D eigenvalue weighted by Crippen LogP contribution is -2.57. The number of hydrogen-bond donors (Lipinski definition) is 1. The summed E-state index contributed by atoms with van der Waals surface area (Å²) in [5, 5.41) is 9.24. The van der Waals surface area contributed by atoms with Crippen LogP contribution in [0.3, 0.4) is 0 Å². The summed E-state index contributed by atoms with van der Waals surface area (Å²) in [6, 6.07) is -0.760. The van der Waals surface area contributed by atoms with Crippen molar-refractivity contribution in [2.75, 3.05) is 32.8 Å². The number of likely N-dealkylation sites (tertiary alicyclic amines) is 1. The molecule has 2 saturated heterocycles. The summed E-state index contributed by atoms with van der Waals surface area (Å²) in [6.45, 7) is 10.3. The molecule has 0 radical (unpaired) electrons. The first-order chi connectivity index (χ1) is 17.8. The number of unbranched alkanes of at least 4 members (excludes halogenated alkanes) is 2. The van der Waals surface area contributed by atoms with Gasteiger partial charge in [0.15, 0.2) is 0 Å². The Labute approximate surface area is 221 Å². The van der Waals surface area contributed by atoms with E-state index in [0.29, 0.717) is 45.4 Å². The van der Waals surface area contributed by atoms with E-state index in [4.69, 9.17) is 4.74 Å². The SMILES string of the molecule is CCCC(C)N1CC=C[C@]23O[C@@]4(CC)C=CCN(CCC)C(=O)[C@H]4[C@H]2C(=O)N(CCCCCO)C3C1=O. The van der Waals surface area contributed by atoms with Crippen molar-refractivity contribution in [2.45, 2.75) is 95.9 Å². The summed E-state index contributed by atoms with van der Waals surface area (Å²) in [5.74, 6) is -1.71. The molecule has 1 N–H and O–H groups in total. The number of ether oxygens (including phenoxy) is 1. The third-order valence-corrected chi connectivity index (χ3v) is 8.84. The first-order valence-electron chi connectivity index (χ1n) is 14.4. The van der Waals surface area contributed by atoms with Crippen LogP contribution in [-0.4, -0.2) is 93.6 Å². The fourth-order valence-corrected chi connectivity index (χ4v) is 7.08. The summed E-state index contributed by atoms with van der Waals surface area (Å²) < 4.78 is 6.99. The van der Waals surface area contributed by atoms with E-state index in [2.05, 4.69) is 13.8 Å². The van der Waals surface area contributed by atoms with Crippen molar-refractivity contribution in [3.8, 4) is 0 Å². The van der Waals surface area contributed by atoms with Gasteiger partial charge in [0.2, 0.25) is 17.7 Å². The zero-order valence-corrected chi connectivity index (χ0v) is 23.0. The molecule has 6 atom stereocenters. The first kappa shape index (κ1) is 27.8. The summed E-state index contributed by atoms with van der Waals surface area (Å²) >= 11 is 0. The Morgan fingerprint density at radius 3 is 2.38 bits per heavy atom. The fourth-order valence-electron chi connectivity index (χ4n) is 7.08. The van der Waals surface area contributed by atoms with Gasteiger partial charge in [-0.15, -0.1) is 0 Å². The Morgan fingerprint density at radius 1 is 0.946 bits per heavy atom. The maximum absolute atomic E-state index is 14.3. The Kier molecular flexibility index (Phi) is 8.48. The molecule has 0 aromatic carbocycles. The van der Waals surface area contributed by atoms with Gasteiger partial charge in [-0.3, -0.25) is 14.4 Å². The van der Waals surface area contributed by atoms with Crippen LogP contribution in [0.2, 0.25) is 0 Å². The Hall–Kier alpha value is -2.19. The predicted molar refractivity (Wildman–Crippen MR) is 141 cm³/mol. The lowest BCUT2D eigenvalue weighted by molar-refractivity contribution is -0.155. The van der Waals surface area contributed by atoms with Crippen LogP contribution in [0.15, 0.2) is 24.3 Å². The highest BCUT2D eigenvalue weighted by Gasteiger charge is 2.75. The molecule has 1 spiro atoms. The lowest BCUT2D eigenvalue weighted by atomic mass is 9.73. The average molecular weight is 516 g/mol. The molecule has 2 fully saturated rings. The van der Waals surface area contributed by atoms with E-state index in [9.17, 15) is 19.5 Å². The van der Waals surface area contributed by atoms with Crippen molar-refractivity contribution < 1.29 is 24.2 Å². The molecule has 0 aromatic heterocycles. The molecule has 4 aliphatic heterocycles. The summed E-state index contributed by atoms with van der Waals surface area (Å²) in [4.78, 5) is 48.1. The third kappa shape index (κ3) is 4.54. The highest BCUT2D eigenvalue weighted by Crippen LogP contribution is 2.58. The average Bonchev–Trinajstić information content (AvgIpc) is 3.16. The van der Waals surface area contributed by atoms with Crippen molar-refractivity contribution in [3.63, 3.8) is 0 Å². The molecular formula is C29H45N3O5.